The van der Waals surface area contributed by atoms with Crippen molar-refractivity contribution in [2.45, 2.75) is 44.3 Å². The number of hydrogen-bond donors (Lipinski definition) is 4. The molecule has 9 nitrogen and oxygen atoms in total. The summed E-state index contributed by atoms with van der Waals surface area (Å²) in [5.74, 6) is -1.75. The average Bonchev–Trinajstić information content (AvgIpc) is 3.16. The minimum absolute atomic E-state index is 0.0553. The molecule has 196 valence electrons. The summed E-state index contributed by atoms with van der Waals surface area (Å²) in [6.07, 6.45) is 2.70. The number of amides is 2. The Kier molecular flexibility index (Phi) is 6.94. The average molecular weight is 536 g/mol. The van der Waals surface area contributed by atoms with E-state index in [-0.39, 0.29) is 23.5 Å². The first-order valence-electron chi connectivity index (χ1n) is 12.3. The van der Waals surface area contributed by atoms with Crippen LogP contribution >= 0.6 is 12.2 Å². The lowest BCUT2D eigenvalue weighted by Gasteiger charge is -2.37. The number of carbonyl (C=O) groups excluding carboxylic acids is 2. The van der Waals surface area contributed by atoms with Gasteiger partial charge in [-0.05, 0) is 73.6 Å². The molecule has 3 heterocycles. The molecular formula is C27H26FN5O4S. The fourth-order valence-electron chi connectivity index (χ4n) is 5.13. The number of nitrogens with zero attached hydrogens (tertiary/aromatic N) is 2. The van der Waals surface area contributed by atoms with E-state index in [1.807, 2.05) is 0 Å². The number of fused-ring (bicyclic) bond motifs is 2. The number of aromatic hydroxyl groups is 1. The summed E-state index contributed by atoms with van der Waals surface area (Å²) in [7, 11) is 0. The maximum Gasteiger partial charge on any atom is 0.296 e. The van der Waals surface area contributed by atoms with Gasteiger partial charge in [0.2, 0.25) is 5.75 Å². The third-order valence-electron chi connectivity index (χ3n) is 7.17. The molecule has 2 aromatic carbocycles. The van der Waals surface area contributed by atoms with Gasteiger partial charge in [0.1, 0.15) is 11.6 Å². The molecule has 0 saturated heterocycles. The van der Waals surface area contributed by atoms with Crippen LogP contribution in [0.1, 0.15) is 57.9 Å². The van der Waals surface area contributed by atoms with E-state index in [1.54, 1.807) is 30.3 Å². The van der Waals surface area contributed by atoms with Crippen LogP contribution in [-0.4, -0.2) is 31.6 Å². The Balaban J connectivity index is 1.43. The van der Waals surface area contributed by atoms with Gasteiger partial charge in [-0.15, -0.1) is 0 Å². The first-order chi connectivity index (χ1) is 18.3. The van der Waals surface area contributed by atoms with Crippen LogP contribution < -0.4 is 21.5 Å². The fourth-order valence-corrected chi connectivity index (χ4v) is 5.42. The molecule has 4 N–H and O–H groups in total. The van der Waals surface area contributed by atoms with Gasteiger partial charge in [-0.25, -0.2) is 9.37 Å². The van der Waals surface area contributed by atoms with Gasteiger partial charge in [0.25, 0.3) is 17.4 Å². The fraction of sp³-hybridized carbons (Fsp3) is 0.296. The van der Waals surface area contributed by atoms with E-state index >= 15 is 0 Å². The van der Waals surface area contributed by atoms with Crippen molar-refractivity contribution in [1.82, 2.24) is 25.5 Å². The number of carbonyl (C=O) groups is 2. The van der Waals surface area contributed by atoms with Crippen molar-refractivity contribution in [2.24, 2.45) is 5.92 Å². The van der Waals surface area contributed by atoms with Crippen LogP contribution in [-0.2, 0) is 18.6 Å². The Bertz CT molecular complexity index is 1450. The highest BCUT2D eigenvalue weighted by Crippen LogP contribution is 2.42. The Morgan fingerprint density at radius 2 is 1.76 bits per heavy atom. The predicted octanol–water partition coefficient (Wildman–Crippen LogP) is 2.72. The zero-order chi connectivity index (χ0) is 26.9. The maximum absolute atomic E-state index is 13.2. The second-order valence-corrected chi connectivity index (χ2v) is 10.1. The summed E-state index contributed by atoms with van der Waals surface area (Å²) < 4.78 is 14.6. The Hall–Kier alpha value is -4.12. The molecule has 0 atom stereocenters. The highest BCUT2D eigenvalue weighted by atomic mass is 32.1. The Labute approximate surface area is 223 Å². The van der Waals surface area contributed by atoms with Crippen LogP contribution in [0.25, 0.3) is 0 Å². The smallest absolute Gasteiger partial charge is 0.296 e. The van der Waals surface area contributed by atoms with Crippen molar-refractivity contribution in [2.75, 3.05) is 0 Å². The lowest BCUT2D eigenvalue weighted by molar-refractivity contribution is 0.0939. The van der Waals surface area contributed by atoms with E-state index in [0.717, 1.165) is 12.8 Å². The van der Waals surface area contributed by atoms with Crippen molar-refractivity contribution in [3.63, 3.8) is 0 Å². The van der Waals surface area contributed by atoms with E-state index in [9.17, 15) is 23.9 Å². The molecule has 38 heavy (non-hydrogen) atoms. The molecule has 1 aliphatic carbocycles. The quantitative estimate of drug-likeness (QED) is 0.370. The second-order valence-electron chi connectivity index (χ2n) is 9.66. The number of rotatable bonds is 5. The molecule has 0 spiro atoms. The van der Waals surface area contributed by atoms with Gasteiger partial charge in [0.05, 0.1) is 5.54 Å². The zero-order valence-electron chi connectivity index (χ0n) is 20.4. The van der Waals surface area contributed by atoms with E-state index in [4.69, 9.17) is 12.2 Å². The summed E-state index contributed by atoms with van der Waals surface area (Å²) in [6.45, 7) is 0.415. The van der Waals surface area contributed by atoms with Crippen molar-refractivity contribution >= 4 is 29.1 Å². The predicted molar refractivity (Wildman–Crippen MR) is 141 cm³/mol. The number of nitrogens with one attached hydrogen (secondary N) is 3. The zero-order valence-corrected chi connectivity index (χ0v) is 21.2. The van der Waals surface area contributed by atoms with Gasteiger partial charge in [0.15, 0.2) is 10.8 Å². The van der Waals surface area contributed by atoms with Crippen LogP contribution in [0.5, 0.6) is 5.75 Å². The van der Waals surface area contributed by atoms with Crippen molar-refractivity contribution in [3.05, 3.63) is 93.4 Å². The summed E-state index contributed by atoms with van der Waals surface area (Å²) in [6, 6.07) is 14.2. The number of thiocarbonyl (C=S) groups is 1. The van der Waals surface area contributed by atoms with E-state index in [0.29, 0.717) is 36.3 Å². The molecule has 11 heteroatoms. The highest BCUT2D eigenvalue weighted by molar-refractivity contribution is 7.80. The molecule has 0 radical (unpaired) electrons. The van der Waals surface area contributed by atoms with Crippen molar-refractivity contribution in [3.8, 4) is 5.75 Å². The molecule has 6 rings (SSSR count). The van der Waals surface area contributed by atoms with Crippen molar-refractivity contribution < 1.29 is 19.1 Å². The lowest BCUT2D eigenvalue weighted by atomic mass is 9.77. The van der Waals surface area contributed by atoms with Gasteiger partial charge in [-0.2, -0.15) is 0 Å². The molecule has 1 fully saturated rings. The normalized spacial score (nSPS) is 19.7. The van der Waals surface area contributed by atoms with E-state index < -0.39 is 34.3 Å². The van der Waals surface area contributed by atoms with Gasteiger partial charge in [0, 0.05) is 18.7 Å². The summed E-state index contributed by atoms with van der Waals surface area (Å²) in [4.78, 5) is 43.4. The van der Waals surface area contributed by atoms with Crippen LogP contribution in [0.3, 0.4) is 0 Å². The largest absolute Gasteiger partial charge is 0.501 e. The van der Waals surface area contributed by atoms with Crippen LogP contribution in [0.15, 0.2) is 59.4 Å². The number of halogens is 1. The van der Waals surface area contributed by atoms with Gasteiger partial charge >= 0.3 is 0 Å². The summed E-state index contributed by atoms with van der Waals surface area (Å²) in [5.41, 5.74) is -0.928. The second kappa shape index (κ2) is 10.3. The molecule has 2 amide bonds. The number of aromatic nitrogens is 2. The highest BCUT2D eigenvalue weighted by Gasteiger charge is 2.45. The molecule has 2 aliphatic heterocycles. The monoisotopic (exact) mass is 535 g/mol. The van der Waals surface area contributed by atoms with Crippen molar-refractivity contribution in [1.29, 1.82) is 0 Å². The van der Waals surface area contributed by atoms with Gasteiger partial charge in [-0.1, -0.05) is 30.3 Å². The standard InChI is InChI=1S/C27H26FN5O4S/c28-19-8-6-16(7-9-19)14-29-23(36)20-21(34)24(37)33-15-17-10-12-27(13-11-17,25(33)30-20)32-26(38)31-22(35)18-4-2-1-3-5-18/h1-9,17,34H,10-15H2,(H,29,36)(H2,31,32,35,38). The SMILES string of the molecule is O=C(NC(=S)NC12CCC(CC1)Cn1c2nc(C(=O)NCc2ccc(F)cc2)c(O)c1=O)c1ccccc1. The summed E-state index contributed by atoms with van der Waals surface area (Å²) in [5, 5.41) is 19.3. The van der Waals surface area contributed by atoms with Crippen LogP contribution in [0.2, 0.25) is 0 Å². The van der Waals surface area contributed by atoms with E-state index in [2.05, 4.69) is 20.9 Å². The molecular weight excluding hydrogens is 509 g/mol. The minimum Gasteiger partial charge on any atom is -0.501 e. The van der Waals surface area contributed by atoms with Crippen LogP contribution in [0, 0.1) is 11.7 Å². The third kappa shape index (κ3) is 5.01. The first-order valence-corrected chi connectivity index (χ1v) is 12.7. The van der Waals surface area contributed by atoms with Gasteiger partial charge < -0.3 is 15.7 Å². The topological polar surface area (TPSA) is 125 Å². The third-order valence-corrected chi connectivity index (χ3v) is 7.37. The molecule has 2 bridgehead atoms. The summed E-state index contributed by atoms with van der Waals surface area (Å²) >= 11 is 5.47. The van der Waals surface area contributed by atoms with Gasteiger partial charge in [-0.3, -0.25) is 24.3 Å². The molecule has 1 saturated carbocycles. The number of hydrogen-bond acceptors (Lipinski definition) is 6. The maximum atomic E-state index is 13.2. The molecule has 3 aromatic rings. The van der Waals surface area contributed by atoms with Crippen LogP contribution in [0.4, 0.5) is 4.39 Å². The number of benzene rings is 2. The lowest BCUT2D eigenvalue weighted by Crippen LogP contribution is -2.53. The molecule has 0 unspecified atom stereocenters. The Morgan fingerprint density at radius 3 is 2.45 bits per heavy atom. The Morgan fingerprint density at radius 1 is 1.08 bits per heavy atom. The first kappa shape index (κ1) is 25.5. The molecule has 3 aliphatic rings. The molecule has 1 aromatic heterocycles. The minimum atomic E-state index is -0.910. The van der Waals surface area contributed by atoms with E-state index in [1.165, 1.54) is 28.8 Å².